The van der Waals surface area contributed by atoms with Crippen LogP contribution in [-0.4, -0.2) is 66.4 Å². The number of oxime groups is 1. The van der Waals surface area contributed by atoms with E-state index >= 15 is 0 Å². The second-order valence-electron chi connectivity index (χ2n) is 5.75. The molecule has 1 heterocycles. The number of thioether (sulfide) groups is 1. The Morgan fingerprint density at radius 1 is 1.39 bits per heavy atom. The molecule has 1 amide bonds. The Morgan fingerprint density at radius 3 is 2.71 bits per heavy atom. The summed E-state index contributed by atoms with van der Waals surface area (Å²) in [5, 5.41) is 25.5. The van der Waals surface area contributed by atoms with Gasteiger partial charge in [0.1, 0.15) is 31.3 Å². The zero-order chi connectivity index (χ0) is 20.8. The first-order chi connectivity index (χ1) is 13.3. The Kier molecular flexibility index (Phi) is 7.10. The summed E-state index contributed by atoms with van der Waals surface area (Å²) in [6.07, 6.45) is 0. The van der Waals surface area contributed by atoms with Crippen molar-refractivity contribution in [2.45, 2.75) is 18.7 Å². The summed E-state index contributed by atoms with van der Waals surface area (Å²) in [4.78, 5) is 40.9. The highest BCUT2D eigenvalue weighted by molar-refractivity contribution is 7.98. The number of carboxylic acids is 1. The zero-order valence-corrected chi connectivity index (χ0v) is 16.3. The van der Waals surface area contributed by atoms with E-state index in [9.17, 15) is 24.6 Å². The summed E-state index contributed by atoms with van der Waals surface area (Å²) >= 11 is 1.13. The number of nitrogens with zero attached hydrogens (tertiary/aromatic N) is 1. The molecule has 1 aliphatic rings. The summed E-state index contributed by atoms with van der Waals surface area (Å²) in [5.74, 6) is -2.61. The molecule has 11 heteroatoms. The van der Waals surface area contributed by atoms with Gasteiger partial charge in [0, 0.05) is 28.7 Å². The summed E-state index contributed by atoms with van der Waals surface area (Å²) < 4.78 is 10.4. The number of phenols is 1. The van der Waals surface area contributed by atoms with Gasteiger partial charge in [-0.05, 0) is 6.92 Å². The van der Waals surface area contributed by atoms with Crippen molar-refractivity contribution in [3.63, 3.8) is 0 Å². The number of esters is 1. The van der Waals surface area contributed by atoms with Crippen molar-refractivity contribution in [3.05, 3.63) is 22.8 Å². The van der Waals surface area contributed by atoms with Crippen molar-refractivity contribution in [1.82, 2.24) is 5.32 Å². The molecular weight excluding hydrogens is 392 g/mol. The largest absolute Gasteiger partial charge is 0.507 e. The molecule has 2 rings (SSSR count). The van der Waals surface area contributed by atoms with Crippen molar-refractivity contribution >= 4 is 35.3 Å². The van der Waals surface area contributed by atoms with E-state index in [1.807, 2.05) is 0 Å². The molecule has 10 nitrogen and oxygen atoms in total. The molecule has 0 fully saturated rings. The molecule has 0 bridgehead atoms. The number of aromatic hydroxyl groups is 1. The topological polar surface area (TPSA) is 144 Å². The van der Waals surface area contributed by atoms with Gasteiger partial charge >= 0.3 is 11.9 Å². The first kappa shape index (κ1) is 21.4. The number of methoxy groups -OCH3 is 1. The fourth-order valence-electron chi connectivity index (χ4n) is 2.58. The van der Waals surface area contributed by atoms with Crippen LogP contribution in [0, 0.1) is 6.92 Å². The van der Waals surface area contributed by atoms with E-state index in [0.717, 1.165) is 11.8 Å². The number of fused-ring (bicyclic) bond motifs is 1. The van der Waals surface area contributed by atoms with Crippen LogP contribution in [0.5, 0.6) is 11.5 Å². The number of amides is 1. The van der Waals surface area contributed by atoms with Crippen LogP contribution in [0.4, 0.5) is 0 Å². The van der Waals surface area contributed by atoms with Crippen molar-refractivity contribution in [3.8, 4) is 11.5 Å². The Labute approximate surface area is 164 Å². The summed E-state index contributed by atoms with van der Waals surface area (Å²) in [7, 11) is 2.60. The second kappa shape index (κ2) is 9.31. The maximum Gasteiger partial charge on any atom is 0.339 e. The molecular formula is C17H20N2O8S. The van der Waals surface area contributed by atoms with Gasteiger partial charge < -0.3 is 29.8 Å². The maximum atomic E-state index is 12.7. The number of aliphatic carboxylic acids is 1. The number of ether oxygens (including phenoxy) is 2. The number of cyclic esters (lactones) is 1. The molecule has 0 saturated carbocycles. The molecule has 0 aliphatic carbocycles. The molecule has 0 saturated heterocycles. The number of carbonyl (C=O) groups is 3. The predicted molar refractivity (Wildman–Crippen MR) is 99.9 cm³/mol. The van der Waals surface area contributed by atoms with E-state index in [1.165, 1.54) is 20.3 Å². The molecule has 152 valence electrons. The van der Waals surface area contributed by atoms with Gasteiger partial charge in [-0.25, -0.2) is 9.59 Å². The third-order valence-electron chi connectivity index (χ3n) is 3.99. The average molecular weight is 412 g/mol. The maximum absolute atomic E-state index is 12.7. The summed E-state index contributed by atoms with van der Waals surface area (Å²) in [6.45, 7) is 1.08. The van der Waals surface area contributed by atoms with Crippen molar-refractivity contribution in [1.29, 1.82) is 0 Å². The van der Waals surface area contributed by atoms with E-state index in [0.29, 0.717) is 5.56 Å². The Morgan fingerprint density at radius 2 is 2.11 bits per heavy atom. The third kappa shape index (κ3) is 4.66. The first-order valence-electron chi connectivity index (χ1n) is 8.08. The molecule has 0 aromatic heterocycles. The summed E-state index contributed by atoms with van der Waals surface area (Å²) in [5.41, 5.74) is 0.518. The normalized spacial score (nSPS) is 19.5. The second-order valence-corrected chi connectivity index (χ2v) is 6.78. The predicted octanol–water partition coefficient (Wildman–Crippen LogP) is 0.685. The van der Waals surface area contributed by atoms with Crippen molar-refractivity contribution in [2.75, 3.05) is 26.6 Å². The van der Waals surface area contributed by atoms with Gasteiger partial charge in [0.15, 0.2) is 5.71 Å². The molecule has 0 spiro atoms. The monoisotopic (exact) mass is 412 g/mol. The zero-order valence-electron chi connectivity index (χ0n) is 15.5. The molecule has 0 radical (unpaired) electrons. The van der Waals surface area contributed by atoms with Gasteiger partial charge in [-0.15, -0.1) is 0 Å². The van der Waals surface area contributed by atoms with Gasteiger partial charge in [-0.2, -0.15) is 11.8 Å². The smallest absolute Gasteiger partial charge is 0.339 e. The van der Waals surface area contributed by atoms with E-state index in [2.05, 4.69) is 15.3 Å². The number of rotatable bonds is 3. The lowest BCUT2D eigenvalue weighted by molar-refractivity contribution is -0.140. The van der Waals surface area contributed by atoms with Crippen LogP contribution in [0.15, 0.2) is 11.2 Å². The van der Waals surface area contributed by atoms with Gasteiger partial charge in [0.2, 0.25) is 0 Å². The lowest BCUT2D eigenvalue weighted by Crippen LogP contribution is -2.46. The molecule has 1 aliphatic heterocycles. The molecule has 1 aromatic rings. The fraction of sp³-hybridized carbons (Fsp3) is 0.412. The molecule has 3 N–H and O–H groups in total. The molecule has 1 atom stereocenters. The van der Waals surface area contributed by atoms with Gasteiger partial charge in [0.25, 0.3) is 5.91 Å². The summed E-state index contributed by atoms with van der Waals surface area (Å²) in [6, 6.07) is 0.168. The standard InChI is InChI=1S/C17H20N2O8S/c1-8-13(25-2)4-12(20)9-6-28-7-11(16(22)23)18-15(21)10(19-26-3)5-27-17(24)14(8)9/h4,11,20H,5-7H2,1-3H3,(H,18,21)(H,22,23)/b19-10-/t11-/m0/s1. The number of benzene rings is 1. The number of hydrogen-bond acceptors (Lipinski definition) is 9. The van der Waals surface area contributed by atoms with Crippen LogP contribution in [0.2, 0.25) is 0 Å². The number of nitrogens with one attached hydrogen (secondary N) is 1. The first-order valence-corrected chi connectivity index (χ1v) is 9.23. The van der Waals surface area contributed by atoms with Gasteiger partial charge in [0.05, 0.1) is 12.7 Å². The van der Waals surface area contributed by atoms with Gasteiger partial charge in [-0.3, -0.25) is 4.79 Å². The minimum Gasteiger partial charge on any atom is -0.507 e. The van der Waals surface area contributed by atoms with E-state index in [1.54, 1.807) is 6.92 Å². The molecule has 0 unspecified atom stereocenters. The van der Waals surface area contributed by atoms with Crippen LogP contribution < -0.4 is 10.1 Å². The quantitative estimate of drug-likeness (QED) is 0.482. The third-order valence-corrected chi connectivity index (χ3v) is 5.05. The number of carbonyl (C=O) groups excluding carboxylic acids is 2. The number of phenolic OH excluding ortho intramolecular Hbond substituents is 1. The van der Waals surface area contributed by atoms with Crippen molar-refractivity contribution in [2.24, 2.45) is 5.16 Å². The van der Waals surface area contributed by atoms with E-state index < -0.39 is 30.5 Å². The lowest BCUT2D eigenvalue weighted by atomic mass is 10.0. The Bertz CT molecular complexity index is 824. The number of hydrogen-bond donors (Lipinski definition) is 3. The highest BCUT2D eigenvalue weighted by Gasteiger charge is 2.28. The van der Waals surface area contributed by atoms with E-state index in [4.69, 9.17) is 9.47 Å². The van der Waals surface area contributed by atoms with Crippen LogP contribution >= 0.6 is 11.8 Å². The van der Waals surface area contributed by atoms with Crippen LogP contribution in [0.1, 0.15) is 21.5 Å². The molecule has 1 aromatic carbocycles. The minimum atomic E-state index is -1.23. The Hall–Kier alpha value is -2.95. The van der Waals surface area contributed by atoms with Crippen molar-refractivity contribution < 1.29 is 38.9 Å². The SMILES string of the molecule is CO/N=C1/COC(=O)c2c(C)c(OC)cc(O)c2CSC[C@@H](C(=O)O)NC1=O. The lowest BCUT2D eigenvalue weighted by Gasteiger charge is -2.20. The highest BCUT2D eigenvalue weighted by Crippen LogP contribution is 2.35. The number of carboxylic acid groups (broad SMARTS) is 1. The average Bonchev–Trinajstić information content (AvgIpc) is 2.65. The molecule has 28 heavy (non-hydrogen) atoms. The highest BCUT2D eigenvalue weighted by atomic mass is 32.2. The Balaban J connectivity index is 2.51. The van der Waals surface area contributed by atoms with Crippen LogP contribution in [0.3, 0.4) is 0 Å². The minimum absolute atomic E-state index is 0.000337. The fourth-order valence-corrected chi connectivity index (χ4v) is 3.65. The van der Waals surface area contributed by atoms with Crippen LogP contribution in [0.25, 0.3) is 0 Å². The van der Waals surface area contributed by atoms with E-state index in [-0.39, 0.29) is 39.8 Å². The van der Waals surface area contributed by atoms with Gasteiger partial charge in [-0.1, -0.05) is 5.16 Å². The van der Waals surface area contributed by atoms with Crippen LogP contribution in [-0.2, 0) is 24.9 Å².